The first-order valence-electron chi connectivity index (χ1n) is 5.39. The summed E-state index contributed by atoms with van der Waals surface area (Å²) in [5, 5.41) is 13.8. The summed E-state index contributed by atoms with van der Waals surface area (Å²) in [5.41, 5.74) is 0.121. The molecule has 1 aliphatic rings. The van der Waals surface area contributed by atoms with E-state index in [0.29, 0.717) is 12.1 Å². The highest BCUT2D eigenvalue weighted by Gasteiger charge is 2.29. The Hall–Kier alpha value is -1.05. The van der Waals surface area contributed by atoms with Crippen LogP contribution in [0.25, 0.3) is 0 Å². The normalized spacial score (nSPS) is 21.3. The van der Waals surface area contributed by atoms with Gasteiger partial charge in [-0.2, -0.15) is 0 Å². The number of sulfone groups is 1. The number of anilines is 1. The van der Waals surface area contributed by atoms with Crippen LogP contribution in [-0.2, 0) is 9.84 Å². The lowest BCUT2D eigenvalue weighted by atomic mass is 10.2. The predicted molar refractivity (Wildman–Crippen MR) is 73.8 cm³/mol. The number of hydrogen-bond donors (Lipinski definition) is 1. The van der Waals surface area contributed by atoms with E-state index < -0.39 is 14.8 Å². The van der Waals surface area contributed by atoms with Crippen LogP contribution in [0.15, 0.2) is 12.1 Å². The molecule has 0 aromatic heterocycles. The van der Waals surface area contributed by atoms with Crippen molar-refractivity contribution in [1.82, 2.24) is 0 Å². The average molecular weight is 325 g/mol. The number of halogens is 2. The molecule has 0 amide bonds. The molecule has 0 spiro atoms. The fourth-order valence-corrected chi connectivity index (χ4v) is 4.17. The van der Waals surface area contributed by atoms with Gasteiger partial charge in [0.05, 0.1) is 32.2 Å². The predicted octanol–water partition coefficient (Wildman–Crippen LogP) is 2.50. The summed E-state index contributed by atoms with van der Waals surface area (Å²) in [5.74, 6) is 0.129. The Labute approximate surface area is 119 Å². The maximum absolute atomic E-state index is 11.3. The Morgan fingerprint density at radius 1 is 1.32 bits per heavy atom. The summed E-state index contributed by atoms with van der Waals surface area (Å²) in [6, 6.07) is 2.08. The number of nitro groups is 1. The van der Waals surface area contributed by atoms with Gasteiger partial charge in [-0.25, -0.2) is 8.42 Å². The van der Waals surface area contributed by atoms with Crippen molar-refractivity contribution >= 4 is 44.4 Å². The lowest BCUT2D eigenvalue weighted by Crippen LogP contribution is -2.21. The third-order valence-electron chi connectivity index (χ3n) is 2.82. The van der Waals surface area contributed by atoms with Gasteiger partial charge in [0.25, 0.3) is 5.69 Å². The van der Waals surface area contributed by atoms with Crippen molar-refractivity contribution in [2.45, 2.75) is 12.5 Å². The average Bonchev–Trinajstić information content (AvgIpc) is 2.63. The summed E-state index contributed by atoms with van der Waals surface area (Å²) in [6.07, 6.45) is 0.464. The zero-order chi connectivity index (χ0) is 14.2. The van der Waals surface area contributed by atoms with Crippen LogP contribution in [0.2, 0.25) is 10.0 Å². The molecule has 0 bridgehead atoms. The minimum Gasteiger partial charge on any atom is -0.379 e. The van der Waals surface area contributed by atoms with Gasteiger partial charge < -0.3 is 5.32 Å². The number of benzene rings is 1. The van der Waals surface area contributed by atoms with Gasteiger partial charge in [-0.3, -0.25) is 10.1 Å². The molecule has 6 nitrogen and oxygen atoms in total. The van der Waals surface area contributed by atoms with Gasteiger partial charge in [-0.05, 0) is 6.42 Å². The number of nitrogens with one attached hydrogen (secondary N) is 1. The minimum atomic E-state index is -3.02. The molecule has 2 rings (SSSR count). The third kappa shape index (κ3) is 3.29. The molecule has 1 heterocycles. The molecular weight excluding hydrogens is 315 g/mol. The Kier molecular flexibility index (Phi) is 3.89. The van der Waals surface area contributed by atoms with Gasteiger partial charge in [-0.15, -0.1) is 0 Å². The van der Waals surface area contributed by atoms with Crippen molar-refractivity contribution in [2.24, 2.45) is 0 Å². The number of non-ortho nitro benzene ring substituents is 1. The molecule has 1 unspecified atom stereocenters. The molecule has 1 aromatic rings. The van der Waals surface area contributed by atoms with Crippen LogP contribution >= 0.6 is 23.2 Å². The van der Waals surface area contributed by atoms with E-state index in [1.807, 2.05) is 0 Å². The number of nitro benzene ring substituents is 1. The van der Waals surface area contributed by atoms with Crippen molar-refractivity contribution in [3.63, 3.8) is 0 Å². The van der Waals surface area contributed by atoms with Crippen molar-refractivity contribution in [3.05, 3.63) is 32.3 Å². The molecule has 19 heavy (non-hydrogen) atoms. The van der Waals surface area contributed by atoms with E-state index >= 15 is 0 Å². The number of nitrogens with zero attached hydrogens (tertiary/aromatic N) is 1. The van der Waals surface area contributed by atoms with E-state index in [2.05, 4.69) is 5.32 Å². The Balaban J connectivity index is 2.24. The quantitative estimate of drug-likeness (QED) is 0.681. The molecule has 1 saturated heterocycles. The molecule has 1 aliphatic heterocycles. The molecule has 0 aliphatic carbocycles. The topological polar surface area (TPSA) is 89.3 Å². The largest absolute Gasteiger partial charge is 0.379 e. The summed E-state index contributed by atoms with van der Waals surface area (Å²) in [7, 11) is -3.02. The molecule has 1 N–H and O–H groups in total. The number of rotatable bonds is 3. The van der Waals surface area contributed by atoms with E-state index in [-0.39, 0.29) is 33.3 Å². The van der Waals surface area contributed by atoms with Crippen molar-refractivity contribution < 1.29 is 13.3 Å². The zero-order valence-corrected chi connectivity index (χ0v) is 11.9. The molecule has 1 fully saturated rings. The third-order valence-corrected chi connectivity index (χ3v) is 5.18. The van der Waals surface area contributed by atoms with E-state index in [1.54, 1.807) is 0 Å². The van der Waals surface area contributed by atoms with Crippen LogP contribution in [0.3, 0.4) is 0 Å². The van der Waals surface area contributed by atoms with Gasteiger partial charge in [0, 0.05) is 18.2 Å². The Morgan fingerprint density at radius 3 is 2.32 bits per heavy atom. The summed E-state index contributed by atoms with van der Waals surface area (Å²) in [4.78, 5) is 10.0. The fraction of sp³-hybridized carbons (Fsp3) is 0.400. The monoisotopic (exact) mass is 324 g/mol. The second-order valence-electron chi connectivity index (χ2n) is 4.29. The Bertz CT molecular complexity index is 609. The molecule has 104 valence electrons. The van der Waals surface area contributed by atoms with Crippen molar-refractivity contribution in [1.29, 1.82) is 0 Å². The lowest BCUT2D eigenvalue weighted by molar-refractivity contribution is -0.384. The molecule has 1 atom stereocenters. The SMILES string of the molecule is O=[N+]([O-])c1cc(Cl)c(NC2CCS(=O)(=O)C2)c(Cl)c1. The molecule has 9 heteroatoms. The second kappa shape index (κ2) is 5.15. The van der Waals surface area contributed by atoms with Gasteiger partial charge in [0.15, 0.2) is 9.84 Å². The van der Waals surface area contributed by atoms with E-state index in [0.717, 1.165) is 0 Å². The maximum atomic E-state index is 11.3. The van der Waals surface area contributed by atoms with Crippen LogP contribution in [-0.4, -0.2) is 30.9 Å². The van der Waals surface area contributed by atoms with Gasteiger partial charge in [0.2, 0.25) is 0 Å². The van der Waals surface area contributed by atoms with Crippen LogP contribution in [0.4, 0.5) is 11.4 Å². The van der Waals surface area contributed by atoms with E-state index in [9.17, 15) is 18.5 Å². The first-order valence-corrected chi connectivity index (χ1v) is 7.96. The van der Waals surface area contributed by atoms with Crippen LogP contribution in [0.1, 0.15) is 6.42 Å². The molecule has 1 aromatic carbocycles. The van der Waals surface area contributed by atoms with Gasteiger partial charge in [-0.1, -0.05) is 23.2 Å². The van der Waals surface area contributed by atoms with Crippen LogP contribution < -0.4 is 5.32 Å². The maximum Gasteiger partial charge on any atom is 0.272 e. The lowest BCUT2D eigenvalue weighted by Gasteiger charge is -2.15. The first kappa shape index (κ1) is 14.4. The second-order valence-corrected chi connectivity index (χ2v) is 7.33. The van der Waals surface area contributed by atoms with Crippen molar-refractivity contribution in [2.75, 3.05) is 16.8 Å². The summed E-state index contributed by atoms with van der Waals surface area (Å²) >= 11 is 11.9. The standard InChI is InChI=1S/C10H10Cl2N2O4S/c11-8-3-7(14(15)16)4-9(12)10(8)13-6-1-2-19(17,18)5-6/h3-4,6,13H,1-2,5H2. The molecule has 0 radical (unpaired) electrons. The van der Waals surface area contributed by atoms with Gasteiger partial charge in [0.1, 0.15) is 0 Å². The highest BCUT2D eigenvalue weighted by atomic mass is 35.5. The minimum absolute atomic E-state index is 0.0106. The fourth-order valence-electron chi connectivity index (χ4n) is 1.92. The smallest absolute Gasteiger partial charge is 0.272 e. The van der Waals surface area contributed by atoms with Gasteiger partial charge >= 0.3 is 0 Å². The molecular formula is C10H10Cl2N2O4S. The Morgan fingerprint density at radius 2 is 1.89 bits per heavy atom. The summed E-state index contributed by atoms with van der Waals surface area (Å²) < 4.78 is 22.7. The highest BCUT2D eigenvalue weighted by molar-refractivity contribution is 7.91. The highest BCUT2D eigenvalue weighted by Crippen LogP contribution is 2.35. The first-order chi connectivity index (χ1) is 8.78. The van der Waals surface area contributed by atoms with Crippen molar-refractivity contribution in [3.8, 4) is 0 Å². The summed E-state index contributed by atoms with van der Waals surface area (Å²) in [6.45, 7) is 0. The van der Waals surface area contributed by atoms with E-state index in [1.165, 1.54) is 12.1 Å². The zero-order valence-electron chi connectivity index (χ0n) is 9.60. The van der Waals surface area contributed by atoms with Crippen LogP contribution in [0, 0.1) is 10.1 Å². The van der Waals surface area contributed by atoms with Crippen LogP contribution in [0.5, 0.6) is 0 Å². The van der Waals surface area contributed by atoms with E-state index in [4.69, 9.17) is 23.2 Å². The number of hydrogen-bond acceptors (Lipinski definition) is 5. The molecule has 0 saturated carbocycles.